The van der Waals surface area contributed by atoms with Crippen LogP contribution in [0.25, 0.3) is 0 Å². The average Bonchev–Trinajstić information content (AvgIpc) is 2.50. The van der Waals surface area contributed by atoms with Crippen LogP contribution in [0.5, 0.6) is 0 Å². The summed E-state index contributed by atoms with van der Waals surface area (Å²) in [5, 5.41) is 8.89. The molecule has 3 heteroatoms. The van der Waals surface area contributed by atoms with Crippen LogP contribution in [0, 0.1) is 22.7 Å². The minimum atomic E-state index is -1.03. The van der Waals surface area contributed by atoms with Crippen molar-refractivity contribution in [3.05, 3.63) is 23.3 Å². The highest BCUT2D eigenvalue weighted by Crippen LogP contribution is 2.61. The lowest BCUT2D eigenvalue weighted by Gasteiger charge is -2.58. The Kier molecular flexibility index (Phi) is 5.17. The second kappa shape index (κ2) is 6.62. The Hall–Kier alpha value is -1.38. The van der Waals surface area contributed by atoms with E-state index in [2.05, 4.69) is 33.8 Å². The predicted molar refractivity (Wildman–Crippen MR) is 92.1 cm³/mol. The van der Waals surface area contributed by atoms with Crippen LogP contribution >= 0.6 is 0 Å². The number of carboxylic acid groups (broad SMARTS) is 1. The first-order valence-corrected chi connectivity index (χ1v) is 8.80. The SMILES string of the molecule is CC1=CCCC2[C@@]1(C)CC[C@@H](C)[C@]2(C)CC/C(C=O)=C/C(=O)O. The molecule has 0 spiro atoms. The van der Waals surface area contributed by atoms with Gasteiger partial charge in [-0.05, 0) is 73.7 Å². The number of hydrogen-bond acceptors (Lipinski definition) is 2. The van der Waals surface area contributed by atoms with Crippen molar-refractivity contribution in [2.24, 2.45) is 22.7 Å². The Morgan fingerprint density at radius 1 is 1.39 bits per heavy atom. The van der Waals surface area contributed by atoms with Crippen molar-refractivity contribution in [1.82, 2.24) is 0 Å². The Morgan fingerprint density at radius 2 is 2.09 bits per heavy atom. The van der Waals surface area contributed by atoms with Crippen molar-refractivity contribution in [2.75, 3.05) is 0 Å². The summed E-state index contributed by atoms with van der Waals surface area (Å²) in [7, 11) is 0. The normalized spacial score (nSPS) is 37.7. The molecule has 0 radical (unpaired) electrons. The maximum absolute atomic E-state index is 11.2. The van der Waals surface area contributed by atoms with Gasteiger partial charge in [0.2, 0.25) is 0 Å². The molecule has 23 heavy (non-hydrogen) atoms. The molecule has 3 nitrogen and oxygen atoms in total. The summed E-state index contributed by atoms with van der Waals surface area (Å²) in [5.41, 5.74) is 2.34. The van der Waals surface area contributed by atoms with Gasteiger partial charge in [0.1, 0.15) is 6.29 Å². The second-order valence-corrected chi connectivity index (χ2v) is 8.06. The van der Waals surface area contributed by atoms with Gasteiger partial charge in [0.15, 0.2) is 0 Å². The third-order valence-electron chi connectivity index (χ3n) is 7.01. The van der Waals surface area contributed by atoms with Crippen LogP contribution in [0.1, 0.15) is 66.2 Å². The highest BCUT2D eigenvalue weighted by molar-refractivity contribution is 5.88. The van der Waals surface area contributed by atoms with Gasteiger partial charge < -0.3 is 5.11 Å². The molecular weight excluding hydrogens is 288 g/mol. The first-order valence-electron chi connectivity index (χ1n) is 8.80. The van der Waals surface area contributed by atoms with Crippen LogP contribution in [-0.4, -0.2) is 17.4 Å². The summed E-state index contributed by atoms with van der Waals surface area (Å²) in [6.45, 7) is 9.36. The fourth-order valence-electron chi connectivity index (χ4n) is 5.07. The molecule has 0 saturated heterocycles. The minimum absolute atomic E-state index is 0.156. The van der Waals surface area contributed by atoms with Crippen LogP contribution < -0.4 is 0 Å². The van der Waals surface area contributed by atoms with Gasteiger partial charge in [-0.3, -0.25) is 4.79 Å². The Balaban J connectivity index is 2.25. The number of hydrogen-bond donors (Lipinski definition) is 1. The average molecular weight is 318 g/mol. The topological polar surface area (TPSA) is 54.4 Å². The van der Waals surface area contributed by atoms with E-state index in [4.69, 9.17) is 5.11 Å². The number of aliphatic carboxylic acids is 1. The molecule has 0 bridgehead atoms. The van der Waals surface area contributed by atoms with Crippen LogP contribution in [0.3, 0.4) is 0 Å². The van der Waals surface area contributed by atoms with Gasteiger partial charge in [-0.25, -0.2) is 4.79 Å². The van der Waals surface area contributed by atoms with Crippen molar-refractivity contribution >= 4 is 12.3 Å². The minimum Gasteiger partial charge on any atom is -0.478 e. The van der Waals surface area contributed by atoms with Crippen molar-refractivity contribution in [2.45, 2.75) is 66.2 Å². The zero-order valence-corrected chi connectivity index (χ0v) is 14.9. The second-order valence-electron chi connectivity index (χ2n) is 8.06. The first-order chi connectivity index (χ1) is 10.7. The molecule has 1 saturated carbocycles. The van der Waals surface area contributed by atoms with E-state index in [1.54, 1.807) is 0 Å². The zero-order valence-electron chi connectivity index (χ0n) is 14.9. The van der Waals surface area contributed by atoms with E-state index < -0.39 is 5.97 Å². The number of carboxylic acids is 1. The Morgan fingerprint density at radius 3 is 2.70 bits per heavy atom. The summed E-state index contributed by atoms with van der Waals surface area (Å²) in [6.07, 6.45) is 10.4. The molecule has 1 N–H and O–H groups in total. The maximum Gasteiger partial charge on any atom is 0.328 e. The van der Waals surface area contributed by atoms with Gasteiger partial charge in [0.05, 0.1) is 0 Å². The van der Waals surface area contributed by atoms with E-state index in [-0.39, 0.29) is 10.8 Å². The van der Waals surface area contributed by atoms with Gasteiger partial charge in [0.25, 0.3) is 0 Å². The molecule has 0 aromatic carbocycles. The molecule has 128 valence electrons. The van der Waals surface area contributed by atoms with Crippen molar-refractivity contribution in [1.29, 1.82) is 0 Å². The van der Waals surface area contributed by atoms with E-state index in [9.17, 15) is 9.59 Å². The van der Waals surface area contributed by atoms with E-state index in [1.807, 2.05) is 0 Å². The molecular formula is C20H30O3. The maximum atomic E-state index is 11.2. The summed E-state index contributed by atoms with van der Waals surface area (Å²) >= 11 is 0. The van der Waals surface area contributed by atoms with E-state index in [0.717, 1.165) is 18.9 Å². The van der Waals surface area contributed by atoms with Crippen molar-refractivity contribution < 1.29 is 14.7 Å². The Labute approximate surface area is 139 Å². The summed E-state index contributed by atoms with van der Waals surface area (Å²) in [5.74, 6) is 0.181. The third-order valence-corrected chi connectivity index (χ3v) is 7.01. The van der Waals surface area contributed by atoms with Gasteiger partial charge in [-0.15, -0.1) is 0 Å². The molecule has 2 aliphatic carbocycles. The number of rotatable bonds is 5. The summed E-state index contributed by atoms with van der Waals surface area (Å²) < 4.78 is 0. The third kappa shape index (κ3) is 3.29. The smallest absolute Gasteiger partial charge is 0.328 e. The molecule has 0 aromatic heterocycles. The van der Waals surface area contributed by atoms with Crippen molar-refractivity contribution in [3.8, 4) is 0 Å². The monoisotopic (exact) mass is 318 g/mol. The van der Waals surface area contributed by atoms with Gasteiger partial charge in [-0.2, -0.15) is 0 Å². The summed E-state index contributed by atoms with van der Waals surface area (Å²) in [4.78, 5) is 22.0. The van der Waals surface area contributed by atoms with E-state index in [1.165, 1.54) is 24.8 Å². The van der Waals surface area contributed by atoms with Crippen LogP contribution in [0.15, 0.2) is 23.3 Å². The van der Waals surface area contributed by atoms with Gasteiger partial charge >= 0.3 is 5.97 Å². The molecule has 0 amide bonds. The highest BCUT2D eigenvalue weighted by atomic mass is 16.4. The fraction of sp³-hybridized carbons (Fsp3) is 0.700. The molecule has 2 aliphatic rings. The van der Waals surface area contributed by atoms with Crippen LogP contribution in [0.4, 0.5) is 0 Å². The standard InChI is InChI=1S/C20H30O3/c1-14-6-5-7-17-19(14,3)10-8-15(2)20(17,4)11-9-16(13-21)12-18(22)23/h6,12-13,15,17H,5,7-11H2,1-4H3,(H,22,23)/b16-12-/t15-,17?,19+,20+/m1/s1. The van der Waals surface area contributed by atoms with Crippen LogP contribution in [-0.2, 0) is 9.59 Å². The Bertz CT molecular complexity index is 545. The number of aldehydes is 1. The summed E-state index contributed by atoms with van der Waals surface area (Å²) in [6, 6.07) is 0. The number of fused-ring (bicyclic) bond motifs is 1. The molecule has 4 atom stereocenters. The first kappa shape index (κ1) is 18.0. The fourth-order valence-corrected chi connectivity index (χ4v) is 5.07. The molecule has 0 aliphatic heterocycles. The van der Waals surface area contributed by atoms with Crippen molar-refractivity contribution in [3.63, 3.8) is 0 Å². The van der Waals surface area contributed by atoms with E-state index in [0.29, 0.717) is 30.1 Å². The molecule has 2 rings (SSSR count). The lowest BCUT2D eigenvalue weighted by atomic mass is 9.47. The largest absolute Gasteiger partial charge is 0.478 e. The van der Waals surface area contributed by atoms with Gasteiger partial charge in [0, 0.05) is 6.08 Å². The predicted octanol–water partition coefficient (Wildman–Crippen LogP) is 4.78. The van der Waals surface area contributed by atoms with E-state index >= 15 is 0 Å². The molecule has 1 fully saturated rings. The number of allylic oxidation sites excluding steroid dienone is 3. The molecule has 0 aromatic rings. The quantitative estimate of drug-likeness (QED) is 0.451. The number of carbonyl (C=O) groups excluding carboxylic acids is 1. The lowest BCUT2D eigenvalue weighted by Crippen LogP contribution is -2.49. The van der Waals surface area contributed by atoms with Gasteiger partial charge in [-0.1, -0.05) is 32.4 Å². The van der Waals surface area contributed by atoms with Crippen LogP contribution in [0.2, 0.25) is 0 Å². The zero-order chi connectivity index (χ0) is 17.3. The molecule has 1 unspecified atom stereocenters. The number of carbonyl (C=O) groups is 2. The highest BCUT2D eigenvalue weighted by Gasteiger charge is 2.52. The molecule has 0 heterocycles. The lowest BCUT2D eigenvalue weighted by molar-refractivity contribution is -0.131.